The Morgan fingerprint density at radius 3 is 2.55 bits per heavy atom. The Hall–Kier alpha value is -3.74. The average molecular weight is 389 g/mol. The highest BCUT2D eigenvalue weighted by Crippen LogP contribution is 2.17. The summed E-state index contributed by atoms with van der Waals surface area (Å²) in [6, 6.07) is 19.7. The van der Waals surface area contributed by atoms with Crippen LogP contribution in [0, 0.1) is 6.92 Å². The van der Waals surface area contributed by atoms with E-state index in [4.69, 9.17) is 0 Å². The first kappa shape index (κ1) is 20.0. The molecule has 0 aliphatic rings. The lowest BCUT2D eigenvalue weighted by atomic mass is 10.1. The molecule has 2 N–H and O–H groups in total. The molecule has 1 heterocycles. The van der Waals surface area contributed by atoms with Gasteiger partial charge in [-0.1, -0.05) is 42.5 Å². The molecule has 0 unspecified atom stereocenters. The highest BCUT2D eigenvalue weighted by Gasteiger charge is 2.08. The van der Waals surface area contributed by atoms with Gasteiger partial charge in [0.15, 0.2) is 0 Å². The largest absolute Gasteiger partial charge is 0.367 e. The molecule has 7 heteroatoms. The molecule has 0 radical (unpaired) electrons. The van der Waals surface area contributed by atoms with E-state index < -0.39 is 11.6 Å². The van der Waals surface area contributed by atoms with Crippen molar-refractivity contribution in [2.75, 3.05) is 11.4 Å². The summed E-state index contributed by atoms with van der Waals surface area (Å²) in [5, 5.41) is 3.95. The van der Waals surface area contributed by atoms with Gasteiger partial charge in [0.1, 0.15) is 5.69 Å². The van der Waals surface area contributed by atoms with Crippen LogP contribution in [-0.2, 0) is 6.54 Å². The summed E-state index contributed by atoms with van der Waals surface area (Å²) in [6.45, 7) is 5.53. The van der Waals surface area contributed by atoms with Gasteiger partial charge in [0.05, 0.1) is 6.21 Å². The molecule has 0 bridgehead atoms. The first-order chi connectivity index (χ1) is 14.0. The summed E-state index contributed by atoms with van der Waals surface area (Å²) in [6.07, 6.45) is 1.55. The van der Waals surface area contributed by atoms with Crippen molar-refractivity contribution in [2.24, 2.45) is 5.10 Å². The number of carbonyl (C=O) groups excluding carboxylic acids is 1. The van der Waals surface area contributed by atoms with Gasteiger partial charge in [0, 0.05) is 24.5 Å². The molecule has 3 rings (SSSR count). The van der Waals surface area contributed by atoms with Gasteiger partial charge >= 0.3 is 5.69 Å². The second-order valence-electron chi connectivity index (χ2n) is 6.54. The Balaban J connectivity index is 1.62. The number of aromatic amines is 1. The van der Waals surface area contributed by atoms with E-state index in [-0.39, 0.29) is 5.69 Å². The summed E-state index contributed by atoms with van der Waals surface area (Å²) in [5.41, 5.74) is 5.63. The minimum Gasteiger partial charge on any atom is -0.367 e. The third kappa shape index (κ3) is 5.62. The first-order valence-corrected chi connectivity index (χ1v) is 9.35. The summed E-state index contributed by atoms with van der Waals surface area (Å²) >= 11 is 0. The standard InChI is InChI=1S/C22H23N5O2/c1-3-27(15-18-7-5-4-6-8-18)19-11-9-17(10-12-19)14-23-26-21(28)20-13-16(2)24-22(29)25-20/h4-14H,3,15H2,1-2H3,(H,26,28)(H,24,25,29)/b23-14+. The molecule has 0 spiro atoms. The second kappa shape index (κ2) is 9.45. The van der Waals surface area contributed by atoms with Crippen molar-refractivity contribution in [1.29, 1.82) is 0 Å². The lowest BCUT2D eigenvalue weighted by Gasteiger charge is -2.23. The SMILES string of the molecule is CCN(Cc1ccccc1)c1ccc(/C=N/NC(=O)c2cc(C)[nH]c(=O)n2)cc1. The van der Waals surface area contributed by atoms with Crippen LogP contribution in [0.25, 0.3) is 0 Å². The van der Waals surface area contributed by atoms with Crippen LogP contribution in [0.4, 0.5) is 5.69 Å². The number of hydrogen-bond donors (Lipinski definition) is 2. The van der Waals surface area contributed by atoms with Crippen molar-refractivity contribution in [3.63, 3.8) is 0 Å². The maximum Gasteiger partial charge on any atom is 0.345 e. The molecule has 2 aromatic carbocycles. The van der Waals surface area contributed by atoms with Crippen molar-refractivity contribution in [3.05, 3.63) is 93.7 Å². The fourth-order valence-corrected chi connectivity index (χ4v) is 2.88. The zero-order chi connectivity index (χ0) is 20.6. The molecular weight excluding hydrogens is 366 g/mol. The molecule has 0 saturated heterocycles. The monoisotopic (exact) mass is 389 g/mol. The number of anilines is 1. The second-order valence-corrected chi connectivity index (χ2v) is 6.54. The Kier molecular flexibility index (Phi) is 6.52. The molecule has 0 saturated carbocycles. The van der Waals surface area contributed by atoms with E-state index in [1.165, 1.54) is 11.6 Å². The smallest absolute Gasteiger partial charge is 0.345 e. The molecule has 0 atom stereocenters. The van der Waals surface area contributed by atoms with E-state index in [0.717, 1.165) is 24.3 Å². The molecule has 148 valence electrons. The molecule has 1 amide bonds. The van der Waals surface area contributed by atoms with Crippen LogP contribution in [0.15, 0.2) is 70.6 Å². The molecule has 3 aromatic rings. The predicted molar refractivity (Wildman–Crippen MR) is 114 cm³/mol. The number of benzene rings is 2. The van der Waals surface area contributed by atoms with E-state index in [2.05, 4.69) is 44.5 Å². The van der Waals surface area contributed by atoms with Gasteiger partial charge < -0.3 is 9.88 Å². The highest BCUT2D eigenvalue weighted by molar-refractivity contribution is 5.93. The van der Waals surface area contributed by atoms with E-state index in [1.54, 1.807) is 13.1 Å². The summed E-state index contributed by atoms with van der Waals surface area (Å²) in [5.74, 6) is -0.535. The Morgan fingerprint density at radius 1 is 1.17 bits per heavy atom. The highest BCUT2D eigenvalue weighted by atomic mass is 16.2. The number of hydrogen-bond acceptors (Lipinski definition) is 5. The fourth-order valence-electron chi connectivity index (χ4n) is 2.88. The van der Waals surface area contributed by atoms with Gasteiger partial charge in [-0.05, 0) is 43.2 Å². The number of hydrazone groups is 1. The zero-order valence-electron chi connectivity index (χ0n) is 16.4. The zero-order valence-corrected chi connectivity index (χ0v) is 16.4. The third-order valence-corrected chi connectivity index (χ3v) is 4.35. The normalized spacial score (nSPS) is 10.8. The quantitative estimate of drug-likeness (QED) is 0.480. The number of carbonyl (C=O) groups is 1. The number of aryl methyl sites for hydroxylation is 1. The minimum atomic E-state index is -0.564. The van der Waals surface area contributed by atoms with Gasteiger partial charge in [-0.15, -0.1) is 0 Å². The van der Waals surface area contributed by atoms with E-state index >= 15 is 0 Å². The number of amides is 1. The maximum atomic E-state index is 12.0. The fraction of sp³-hybridized carbons (Fsp3) is 0.182. The van der Waals surface area contributed by atoms with Crippen molar-refractivity contribution in [1.82, 2.24) is 15.4 Å². The third-order valence-electron chi connectivity index (χ3n) is 4.35. The number of H-pyrrole nitrogens is 1. The summed E-state index contributed by atoms with van der Waals surface area (Å²) < 4.78 is 0. The number of nitrogens with zero attached hydrogens (tertiary/aromatic N) is 3. The van der Waals surface area contributed by atoms with E-state index in [9.17, 15) is 9.59 Å². The van der Waals surface area contributed by atoms with Crippen LogP contribution in [0.5, 0.6) is 0 Å². The Bertz CT molecular complexity index is 1040. The summed E-state index contributed by atoms with van der Waals surface area (Å²) in [4.78, 5) is 31.8. The first-order valence-electron chi connectivity index (χ1n) is 9.35. The molecule has 0 aliphatic carbocycles. The van der Waals surface area contributed by atoms with E-state index in [0.29, 0.717) is 5.69 Å². The van der Waals surface area contributed by atoms with Gasteiger partial charge in [0.2, 0.25) is 0 Å². The van der Waals surface area contributed by atoms with Crippen LogP contribution >= 0.6 is 0 Å². The molecule has 0 fully saturated rings. The van der Waals surface area contributed by atoms with Gasteiger partial charge in [-0.25, -0.2) is 10.2 Å². The van der Waals surface area contributed by atoms with Crippen LogP contribution in [0.1, 0.15) is 34.2 Å². The van der Waals surface area contributed by atoms with Gasteiger partial charge in [0.25, 0.3) is 5.91 Å². The summed E-state index contributed by atoms with van der Waals surface area (Å²) in [7, 11) is 0. The van der Waals surface area contributed by atoms with Gasteiger partial charge in [-0.3, -0.25) is 4.79 Å². The van der Waals surface area contributed by atoms with Crippen LogP contribution in [0.2, 0.25) is 0 Å². The lowest BCUT2D eigenvalue weighted by molar-refractivity contribution is 0.0949. The Labute approximate surface area is 169 Å². The maximum absolute atomic E-state index is 12.0. The predicted octanol–water partition coefficient (Wildman–Crippen LogP) is 2.87. The van der Waals surface area contributed by atoms with Gasteiger partial charge in [-0.2, -0.15) is 10.1 Å². The van der Waals surface area contributed by atoms with Crippen LogP contribution < -0.4 is 16.0 Å². The number of rotatable bonds is 7. The molecular formula is C22H23N5O2. The van der Waals surface area contributed by atoms with Crippen molar-refractivity contribution < 1.29 is 4.79 Å². The number of nitrogens with one attached hydrogen (secondary N) is 2. The van der Waals surface area contributed by atoms with Crippen molar-refractivity contribution in [3.8, 4) is 0 Å². The minimum absolute atomic E-state index is 0.0262. The van der Waals surface area contributed by atoms with Crippen molar-refractivity contribution >= 4 is 17.8 Å². The topological polar surface area (TPSA) is 90.5 Å². The Morgan fingerprint density at radius 2 is 1.90 bits per heavy atom. The number of aromatic nitrogens is 2. The lowest BCUT2D eigenvalue weighted by Crippen LogP contribution is -2.24. The average Bonchev–Trinajstić information content (AvgIpc) is 2.72. The van der Waals surface area contributed by atoms with Crippen LogP contribution in [-0.4, -0.2) is 28.6 Å². The van der Waals surface area contributed by atoms with Crippen molar-refractivity contribution in [2.45, 2.75) is 20.4 Å². The molecule has 7 nitrogen and oxygen atoms in total. The molecule has 1 aromatic heterocycles. The molecule has 0 aliphatic heterocycles. The molecule has 29 heavy (non-hydrogen) atoms. The van der Waals surface area contributed by atoms with E-state index in [1.807, 2.05) is 42.5 Å². The van der Waals surface area contributed by atoms with Crippen LogP contribution in [0.3, 0.4) is 0 Å².